The molecule has 0 bridgehead atoms. The average molecular weight is 297 g/mol. The van der Waals surface area contributed by atoms with Crippen LogP contribution in [-0.2, 0) is 4.79 Å². The molecule has 1 atom stereocenters. The Balaban J connectivity index is 2.28. The molecular formula is C19H23NO2. The molecule has 2 aromatic carbocycles. The molecule has 0 unspecified atom stereocenters. The molecule has 0 saturated carbocycles. The number of rotatable bonds is 6. The van der Waals surface area contributed by atoms with Crippen molar-refractivity contribution in [3.05, 3.63) is 65.2 Å². The first-order chi connectivity index (χ1) is 10.5. The van der Waals surface area contributed by atoms with Crippen LogP contribution < -0.4 is 10.5 Å². The van der Waals surface area contributed by atoms with Gasteiger partial charge in [-0.25, -0.2) is 0 Å². The number of hydrogen-bond donors (Lipinski definition) is 1. The zero-order valence-corrected chi connectivity index (χ0v) is 13.4. The Morgan fingerprint density at radius 2 is 1.50 bits per heavy atom. The van der Waals surface area contributed by atoms with Gasteiger partial charge in [-0.2, -0.15) is 0 Å². The van der Waals surface area contributed by atoms with Gasteiger partial charge in [0.15, 0.2) is 0 Å². The molecule has 3 nitrogen and oxygen atoms in total. The van der Waals surface area contributed by atoms with E-state index in [0.717, 1.165) is 16.9 Å². The Hall–Kier alpha value is -2.29. The lowest BCUT2D eigenvalue weighted by atomic mass is 9.88. The minimum absolute atomic E-state index is 0.0220. The summed E-state index contributed by atoms with van der Waals surface area (Å²) in [6, 6.07) is 16.1. The summed E-state index contributed by atoms with van der Waals surface area (Å²) in [5.41, 5.74) is 8.79. The van der Waals surface area contributed by atoms with Gasteiger partial charge in [0, 0.05) is 12.3 Å². The van der Waals surface area contributed by atoms with E-state index >= 15 is 0 Å². The summed E-state index contributed by atoms with van der Waals surface area (Å²) in [4.78, 5) is 11.4. The highest BCUT2D eigenvalue weighted by Gasteiger charge is 2.17. The number of ether oxygens (including phenoxy) is 1. The van der Waals surface area contributed by atoms with Crippen molar-refractivity contribution in [1.82, 2.24) is 0 Å². The van der Waals surface area contributed by atoms with Crippen molar-refractivity contribution in [3.63, 3.8) is 0 Å². The first kappa shape index (κ1) is 16.1. The topological polar surface area (TPSA) is 52.3 Å². The zero-order valence-electron chi connectivity index (χ0n) is 13.4. The van der Waals surface area contributed by atoms with Crippen molar-refractivity contribution in [2.24, 2.45) is 5.73 Å². The molecule has 0 saturated heterocycles. The fraction of sp³-hybridized carbons (Fsp3) is 0.316. The van der Waals surface area contributed by atoms with Crippen molar-refractivity contribution in [3.8, 4) is 5.75 Å². The standard InChI is InChI=1S/C19H23NO2/c1-13(2)22-17-10-8-16(9-11-17)18(12-19(20)21)15-6-4-14(3)5-7-15/h4-11,13,18H,12H2,1-3H3,(H2,20,21)/t18-/m1/s1. The normalized spacial score (nSPS) is 12.2. The molecule has 0 spiro atoms. The van der Waals surface area contributed by atoms with Crippen LogP contribution in [0.3, 0.4) is 0 Å². The van der Waals surface area contributed by atoms with Gasteiger partial charge in [-0.15, -0.1) is 0 Å². The predicted octanol–water partition coefficient (Wildman–Crippen LogP) is 3.79. The smallest absolute Gasteiger partial charge is 0.218 e. The summed E-state index contributed by atoms with van der Waals surface area (Å²) in [6.45, 7) is 6.04. The van der Waals surface area contributed by atoms with E-state index in [0.29, 0.717) is 6.42 Å². The molecular weight excluding hydrogens is 274 g/mol. The number of carbonyl (C=O) groups is 1. The summed E-state index contributed by atoms with van der Waals surface area (Å²) in [7, 11) is 0. The molecule has 2 aromatic rings. The summed E-state index contributed by atoms with van der Waals surface area (Å²) < 4.78 is 5.66. The number of primary amides is 1. The highest BCUT2D eigenvalue weighted by Crippen LogP contribution is 2.29. The van der Waals surface area contributed by atoms with E-state index in [1.54, 1.807) is 0 Å². The number of carbonyl (C=O) groups excluding carboxylic acids is 1. The van der Waals surface area contributed by atoms with Gasteiger partial charge in [0.2, 0.25) is 5.91 Å². The Bertz CT molecular complexity index is 615. The Morgan fingerprint density at radius 1 is 1.00 bits per heavy atom. The van der Waals surface area contributed by atoms with Crippen LogP contribution in [-0.4, -0.2) is 12.0 Å². The lowest BCUT2D eigenvalue weighted by Crippen LogP contribution is -2.16. The molecule has 0 heterocycles. The maximum Gasteiger partial charge on any atom is 0.218 e. The summed E-state index contributed by atoms with van der Waals surface area (Å²) >= 11 is 0. The van der Waals surface area contributed by atoms with E-state index in [1.807, 2.05) is 45.0 Å². The quantitative estimate of drug-likeness (QED) is 0.882. The zero-order chi connectivity index (χ0) is 16.1. The van der Waals surface area contributed by atoms with E-state index in [2.05, 4.69) is 24.3 Å². The lowest BCUT2D eigenvalue weighted by molar-refractivity contribution is -0.118. The van der Waals surface area contributed by atoms with E-state index in [1.165, 1.54) is 5.56 Å². The van der Waals surface area contributed by atoms with Gasteiger partial charge in [-0.1, -0.05) is 42.0 Å². The minimum Gasteiger partial charge on any atom is -0.491 e. The van der Waals surface area contributed by atoms with Crippen molar-refractivity contribution in [1.29, 1.82) is 0 Å². The maximum absolute atomic E-state index is 11.4. The molecule has 116 valence electrons. The molecule has 0 aliphatic rings. The van der Waals surface area contributed by atoms with Crippen LogP contribution in [0.1, 0.15) is 42.9 Å². The molecule has 0 aromatic heterocycles. The fourth-order valence-corrected chi connectivity index (χ4v) is 2.48. The van der Waals surface area contributed by atoms with Crippen molar-refractivity contribution in [2.45, 2.75) is 39.2 Å². The number of aryl methyl sites for hydroxylation is 1. The predicted molar refractivity (Wildman–Crippen MR) is 89.0 cm³/mol. The number of amides is 1. The first-order valence-corrected chi connectivity index (χ1v) is 7.57. The van der Waals surface area contributed by atoms with Crippen molar-refractivity contribution >= 4 is 5.91 Å². The van der Waals surface area contributed by atoms with Crippen LogP contribution in [0.2, 0.25) is 0 Å². The second-order valence-electron chi connectivity index (χ2n) is 5.87. The molecule has 1 amide bonds. The SMILES string of the molecule is Cc1ccc([C@@H](CC(N)=O)c2ccc(OC(C)C)cc2)cc1. The first-order valence-electron chi connectivity index (χ1n) is 7.57. The van der Waals surface area contributed by atoms with Crippen LogP contribution in [0.5, 0.6) is 5.75 Å². The van der Waals surface area contributed by atoms with Crippen LogP contribution in [0.25, 0.3) is 0 Å². The molecule has 0 fully saturated rings. The molecule has 3 heteroatoms. The van der Waals surface area contributed by atoms with Gasteiger partial charge in [-0.3, -0.25) is 4.79 Å². The average Bonchev–Trinajstić information content (AvgIpc) is 2.46. The van der Waals surface area contributed by atoms with Gasteiger partial charge >= 0.3 is 0 Å². The monoisotopic (exact) mass is 297 g/mol. The van der Waals surface area contributed by atoms with Crippen molar-refractivity contribution in [2.75, 3.05) is 0 Å². The maximum atomic E-state index is 11.4. The molecule has 0 radical (unpaired) electrons. The van der Waals surface area contributed by atoms with Crippen LogP contribution >= 0.6 is 0 Å². The van der Waals surface area contributed by atoms with E-state index in [9.17, 15) is 4.79 Å². The number of benzene rings is 2. The third kappa shape index (κ3) is 4.35. The lowest BCUT2D eigenvalue weighted by Gasteiger charge is -2.18. The van der Waals surface area contributed by atoms with Gasteiger partial charge in [-0.05, 0) is 44.0 Å². The van der Waals surface area contributed by atoms with Gasteiger partial charge in [0.1, 0.15) is 5.75 Å². The summed E-state index contributed by atoms with van der Waals surface area (Å²) in [6.07, 6.45) is 0.442. The second-order valence-corrected chi connectivity index (χ2v) is 5.87. The highest BCUT2D eigenvalue weighted by molar-refractivity contribution is 5.75. The summed E-state index contributed by atoms with van der Waals surface area (Å²) in [5.74, 6) is 0.514. The Labute approximate surface area is 132 Å². The molecule has 2 rings (SSSR count). The van der Waals surface area contributed by atoms with Gasteiger partial charge in [0.25, 0.3) is 0 Å². The van der Waals surface area contributed by atoms with Crippen LogP contribution in [0.4, 0.5) is 0 Å². The summed E-state index contributed by atoms with van der Waals surface area (Å²) in [5, 5.41) is 0. The molecule has 22 heavy (non-hydrogen) atoms. The molecule has 0 aliphatic heterocycles. The van der Waals surface area contributed by atoms with Gasteiger partial charge in [0.05, 0.1) is 6.10 Å². The second kappa shape index (κ2) is 7.12. The number of hydrogen-bond acceptors (Lipinski definition) is 2. The minimum atomic E-state index is -0.298. The highest BCUT2D eigenvalue weighted by atomic mass is 16.5. The largest absolute Gasteiger partial charge is 0.491 e. The third-order valence-corrected chi connectivity index (χ3v) is 3.54. The van der Waals surface area contributed by atoms with E-state index in [-0.39, 0.29) is 17.9 Å². The molecule has 0 aliphatic carbocycles. The molecule has 2 N–H and O–H groups in total. The van der Waals surface area contributed by atoms with Crippen molar-refractivity contribution < 1.29 is 9.53 Å². The Kier molecular flexibility index (Phi) is 5.21. The van der Waals surface area contributed by atoms with Crippen LogP contribution in [0, 0.1) is 6.92 Å². The number of nitrogens with two attached hydrogens (primary N) is 1. The third-order valence-electron chi connectivity index (χ3n) is 3.54. The fourth-order valence-electron chi connectivity index (χ4n) is 2.48. The van der Waals surface area contributed by atoms with E-state index in [4.69, 9.17) is 10.5 Å². The Morgan fingerprint density at radius 3 is 1.95 bits per heavy atom. The van der Waals surface area contributed by atoms with Crippen LogP contribution in [0.15, 0.2) is 48.5 Å². The van der Waals surface area contributed by atoms with E-state index < -0.39 is 0 Å². The van der Waals surface area contributed by atoms with Gasteiger partial charge < -0.3 is 10.5 Å².